The van der Waals surface area contributed by atoms with E-state index in [0.717, 1.165) is 11.1 Å². The van der Waals surface area contributed by atoms with E-state index in [9.17, 15) is 0 Å². The number of rotatable bonds is 4. The van der Waals surface area contributed by atoms with Crippen LogP contribution < -0.4 is 10.5 Å². The van der Waals surface area contributed by atoms with E-state index in [1.165, 1.54) is 5.39 Å². The molecule has 2 rings (SSSR count). The molecule has 3 heteroatoms. The molecule has 3 nitrogen and oxygen atoms in total. The van der Waals surface area contributed by atoms with Gasteiger partial charge in [0, 0.05) is 0 Å². The Hall–Kier alpha value is -2.03. The van der Waals surface area contributed by atoms with Crippen molar-refractivity contribution in [1.82, 2.24) is 0 Å². The molecule has 17 heavy (non-hydrogen) atoms. The minimum atomic E-state index is -0.337. The number of hydrogen-bond acceptors (Lipinski definition) is 2. The topological polar surface area (TPSA) is 59.1 Å². The summed E-state index contributed by atoms with van der Waals surface area (Å²) in [6.45, 7) is 1.95. The largest absolute Gasteiger partial charge is 0.483 e. The smallest absolute Gasteiger partial charge is 0.155 e. The van der Waals surface area contributed by atoms with Crippen molar-refractivity contribution in [2.75, 3.05) is 0 Å². The molecular formula is C14H16N2O. The van der Waals surface area contributed by atoms with Crippen LogP contribution >= 0.6 is 0 Å². The lowest BCUT2D eigenvalue weighted by Gasteiger charge is -2.16. The minimum absolute atomic E-state index is 0.0701. The van der Waals surface area contributed by atoms with E-state index < -0.39 is 0 Å². The third-order valence-electron chi connectivity index (χ3n) is 2.72. The highest BCUT2D eigenvalue weighted by Gasteiger charge is 2.11. The number of amidine groups is 1. The molecule has 0 heterocycles. The van der Waals surface area contributed by atoms with Crippen LogP contribution in [0.1, 0.15) is 13.3 Å². The van der Waals surface area contributed by atoms with Crippen LogP contribution in [0.15, 0.2) is 42.5 Å². The number of benzene rings is 2. The summed E-state index contributed by atoms with van der Waals surface area (Å²) >= 11 is 0. The fraction of sp³-hybridized carbons (Fsp3) is 0.214. The fourth-order valence-electron chi connectivity index (χ4n) is 1.77. The molecule has 0 aliphatic heterocycles. The molecular weight excluding hydrogens is 212 g/mol. The molecule has 0 saturated carbocycles. The third kappa shape index (κ3) is 2.56. The zero-order valence-electron chi connectivity index (χ0n) is 9.81. The first-order valence-electron chi connectivity index (χ1n) is 5.70. The van der Waals surface area contributed by atoms with Gasteiger partial charge in [-0.05, 0) is 29.3 Å². The van der Waals surface area contributed by atoms with E-state index in [1.807, 2.05) is 43.3 Å². The molecule has 0 bridgehead atoms. The van der Waals surface area contributed by atoms with Gasteiger partial charge in [-0.25, -0.2) is 0 Å². The lowest BCUT2D eigenvalue weighted by atomic mass is 10.1. The summed E-state index contributed by atoms with van der Waals surface area (Å²) in [6, 6.07) is 14.0. The SMILES string of the molecule is CCC(Oc1ccc2ccccc2c1)C(=N)N. The van der Waals surface area contributed by atoms with Crippen LogP contribution in [0.2, 0.25) is 0 Å². The first-order valence-corrected chi connectivity index (χ1v) is 5.70. The second-order valence-electron chi connectivity index (χ2n) is 3.98. The molecule has 2 aromatic rings. The van der Waals surface area contributed by atoms with E-state index in [-0.39, 0.29) is 11.9 Å². The van der Waals surface area contributed by atoms with Crippen molar-refractivity contribution in [2.45, 2.75) is 19.4 Å². The second-order valence-corrected chi connectivity index (χ2v) is 3.98. The van der Waals surface area contributed by atoms with E-state index >= 15 is 0 Å². The molecule has 1 unspecified atom stereocenters. The van der Waals surface area contributed by atoms with Crippen LogP contribution in [-0.2, 0) is 0 Å². The van der Waals surface area contributed by atoms with Crippen LogP contribution in [0.3, 0.4) is 0 Å². The van der Waals surface area contributed by atoms with Gasteiger partial charge in [0.1, 0.15) is 11.6 Å². The second kappa shape index (κ2) is 4.87. The van der Waals surface area contributed by atoms with Crippen molar-refractivity contribution in [2.24, 2.45) is 5.73 Å². The van der Waals surface area contributed by atoms with Gasteiger partial charge in [-0.3, -0.25) is 5.41 Å². The Morgan fingerprint density at radius 2 is 1.94 bits per heavy atom. The molecule has 0 amide bonds. The number of fused-ring (bicyclic) bond motifs is 1. The summed E-state index contributed by atoms with van der Waals surface area (Å²) < 4.78 is 5.68. The van der Waals surface area contributed by atoms with Gasteiger partial charge < -0.3 is 10.5 Å². The molecule has 1 atom stereocenters. The monoisotopic (exact) mass is 228 g/mol. The van der Waals surface area contributed by atoms with E-state index in [2.05, 4.69) is 6.07 Å². The summed E-state index contributed by atoms with van der Waals surface area (Å²) in [5.74, 6) is 0.825. The minimum Gasteiger partial charge on any atom is -0.483 e. The summed E-state index contributed by atoms with van der Waals surface area (Å²) in [5, 5.41) is 9.72. The van der Waals surface area contributed by atoms with Crippen molar-refractivity contribution >= 4 is 16.6 Å². The average molecular weight is 228 g/mol. The van der Waals surface area contributed by atoms with Crippen LogP contribution in [0.4, 0.5) is 0 Å². The Labute approximate surface area is 101 Å². The van der Waals surface area contributed by atoms with Crippen molar-refractivity contribution < 1.29 is 4.74 Å². The summed E-state index contributed by atoms with van der Waals surface area (Å²) in [5.41, 5.74) is 5.47. The first-order chi connectivity index (χ1) is 8.20. The maximum atomic E-state index is 7.42. The van der Waals surface area contributed by atoms with Crippen LogP contribution in [0.5, 0.6) is 5.75 Å². The molecule has 3 N–H and O–H groups in total. The summed E-state index contributed by atoms with van der Waals surface area (Å²) in [4.78, 5) is 0. The van der Waals surface area contributed by atoms with Gasteiger partial charge in [0.25, 0.3) is 0 Å². The molecule has 0 radical (unpaired) electrons. The van der Waals surface area contributed by atoms with Crippen LogP contribution in [0.25, 0.3) is 10.8 Å². The van der Waals surface area contributed by atoms with Gasteiger partial charge in [0.15, 0.2) is 6.10 Å². The molecule has 0 fully saturated rings. The predicted molar refractivity (Wildman–Crippen MR) is 70.6 cm³/mol. The van der Waals surface area contributed by atoms with E-state index in [1.54, 1.807) is 0 Å². The van der Waals surface area contributed by atoms with Crippen LogP contribution in [-0.4, -0.2) is 11.9 Å². The van der Waals surface area contributed by atoms with Gasteiger partial charge >= 0.3 is 0 Å². The third-order valence-corrected chi connectivity index (χ3v) is 2.72. The molecule has 0 saturated heterocycles. The standard InChI is InChI=1S/C14H16N2O/c1-2-13(14(15)16)17-12-8-7-10-5-3-4-6-11(10)9-12/h3-9,13H,2H2,1H3,(H3,15,16). The lowest BCUT2D eigenvalue weighted by Crippen LogP contribution is -2.32. The molecule has 0 spiro atoms. The molecule has 0 aliphatic rings. The quantitative estimate of drug-likeness (QED) is 0.624. The average Bonchev–Trinajstić information content (AvgIpc) is 2.35. The van der Waals surface area contributed by atoms with Gasteiger partial charge in [0.05, 0.1) is 0 Å². The van der Waals surface area contributed by atoms with E-state index in [4.69, 9.17) is 15.9 Å². The van der Waals surface area contributed by atoms with Crippen molar-refractivity contribution in [3.63, 3.8) is 0 Å². The summed E-state index contributed by atoms with van der Waals surface area (Å²) in [7, 11) is 0. The molecule has 2 aromatic carbocycles. The zero-order valence-corrected chi connectivity index (χ0v) is 9.81. The highest BCUT2D eigenvalue weighted by Crippen LogP contribution is 2.21. The molecule has 0 aromatic heterocycles. The maximum absolute atomic E-state index is 7.42. The Kier molecular flexibility index (Phi) is 3.28. The van der Waals surface area contributed by atoms with Gasteiger partial charge in [-0.2, -0.15) is 0 Å². The Bertz CT molecular complexity index is 536. The Morgan fingerprint density at radius 3 is 2.59 bits per heavy atom. The fourth-order valence-corrected chi connectivity index (χ4v) is 1.77. The number of nitrogens with one attached hydrogen (secondary N) is 1. The zero-order chi connectivity index (χ0) is 12.3. The first kappa shape index (κ1) is 11.5. The van der Waals surface area contributed by atoms with Crippen molar-refractivity contribution in [3.05, 3.63) is 42.5 Å². The molecule has 0 aliphatic carbocycles. The van der Waals surface area contributed by atoms with Crippen molar-refractivity contribution in [1.29, 1.82) is 5.41 Å². The highest BCUT2D eigenvalue weighted by atomic mass is 16.5. The van der Waals surface area contributed by atoms with Crippen molar-refractivity contribution in [3.8, 4) is 5.75 Å². The predicted octanol–water partition coefficient (Wildman–Crippen LogP) is 2.93. The number of ether oxygens (including phenoxy) is 1. The van der Waals surface area contributed by atoms with Gasteiger partial charge in [0.2, 0.25) is 0 Å². The summed E-state index contributed by atoms with van der Waals surface area (Å²) in [6.07, 6.45) is 0.360. The van der Waals surface area contributed by atoms with Crippen LogP contribution in [0, 0.1) is 5.41 Å². The molecule has 88 valence electrons. The number of nitrogens with two attached hydrogens (primary N) is 1. The van der Waals surface area contributed by atoms with Gasteiger partial charge in [-0.1, -0.05) is 37.3 Å². The normalized spacial score (nSPS) is 12.3. The van der Waals surface area contributed by atoms with E-state index in [0.29, 0.717) is 6.42 Å². The highest BCUT2D eigenvalue weighted by molar-refractivity contribution is 5.84. The maximum Gasteiger partial charge on any atom is 0.155 e. The Balaban J connectivity index is 2.27. The Morgan fingerprint density at radius 1 is 1.24 bits per heavy atom. The number of hydrogen-bond donors (Lipinski definition) is 2. The lowest BCUT2D eigenvalue weighted by molar-refractivity contribution is 0.261. The van der Waals surface area contributed by atoms with Gasteiger partial charge in [-0.15, -0.1) is 0 Å².